The molecule has 5 nitrogen and oxygen atoms in total. The van der Waals surface area contributed by atoms with E-state index in [2.05, 4.69) is 20.3 Å². The zero-order valence-corrected chi connectivity index (χ0v) is 12.5. The lowest BCUT2D eigenvalue weighted by molar-refractivity contribution is 0.102. The summed E-state index contributed by atoms with van der Waals surface area (Å²) in [6.45, 7) is 0. The number of thiazole rings is 1. The Morgan fingerprint density at radius 3 is 2.57 bits per heavy atom. The first kappa shape index (κ1) is 15.2. The van der Waals surface area contributed by atoms with Gasteiger partial charge in [0, 0.05) is 36.0 Å². The lowest BCUT2D eigenvalue weighted by Crippen LogP contribution is -2.13. The van der Waals surface area contributed by atoms with Crippen molar-refractivity contribution in [3.8, 4) is 0 Å². The largest absolute Gasteiger partial charge is 0.296 e. The fourth-order valence-corrected chi connectivity index (χ4v) is 2.78. The molecule has 1 aromatic carbocycles. The molecule has 23 heavy (non-hydrogen) atoms. The predicted molar refractivity (Wildman–Crippen MR) is 81.3 cm³/mol. The van der Waals surface area contributed by atoms with Crippen molar-refractivity contribution in [1.29, 1.82) is 0 Å². The molecular formula is C15H10F2N4OS. The summed E-state index contributed by atoms with van der Waals surface area (Å²) in [4.78, 5) is 24.5. The standard InChI is InChI=1S/C15H10F2N4OS/c16-10-3-9(4-11(17)6-10)5-12-7-20-15(23-12)21-14(22)13-8-18-1-2-19-13/h1-4,6-8H,5H2,(H,20,21,22). The zero-order valence-electron chi connectivity index (χ0n) is 11.7. The molecule has 0 saturated heterocycles. The number of hydrogen-bond acceptors (Lipinski definition) is 5. The number of hydrogen-bond donors (Lipinski definition) is 1. The Morgan fingerprint density at radius 1 is 1.09 bits per heavy atom. The van der Waals surface area contributed by atoms with Crippen molar-refractivity contribution >= 4 is 22.4 Å². The van der Waals surface area contributed by atoms with E-state index < -0.39 is 17.5 Å². The number of benzene rings is 1. The molecule has 2 aromatic heterocycles. The Hall–Kier alpha value is -2.74. The first-order valence-electron chi connectivity index (χ1n) is 6.57. The highest BCUT2D eigenvalue weighted by atomic mass is 32.1. The highest BCUT2D eigenvalue weighted by Gasteiger charge is 2.11. The van der Waals surface area contributed by atoms with Crippen LogP contribution in [0.5, 0.6) is 0 Å². The van der Waals surface area contributed by atoms with Gasteiger partial charge in [-0.1, -0.05) is 0 Å². The molecule has 0 aliphatic carbocycles. The summed E-state index contributed by atoms with van der Waals surface area (Å²) < 4.78 is 26.3. The number of anilines is 1. The molecule has 8 heteroatoms. The number of amides is 1. The van der Waals surface area contributed by atoms with Crippen molar-refractivity contribution in [3.05, 3.63) is 70.8 Å². The number of halogens is 2. The molecule has 0 unspecified atom stereocenters. The summed E-state index contributed by atoms with van der Waals surface area (Å²) in [5.74, 6) is -1.67. The van der Waals surface area contributed by atoms with Crippen LogP contribution in [0, 0.1) is 11.6 Å². The number of nitrogens with zero attached hydrogens (tertiary/aromatic N) is 3. The van der Waals surface area contributed by atoms with Gasteiger partial charge in [-0.15, -0.1) is 11.3 Å². The van der Waals surface area contributed by atoms with Gasteiger partial charge in [-0.05, 0) is 17.7 Å². The number of aromatic nitrogens is 3. The molecule has 2 heterocycles. The lowest BCUT2D eigenvalue weighted by Gasteiger charge is -2.00. The van der Waals surface area contributed by atoms with Crippen LogP contribution in [0.15, 0.2) is 43.0 Å². The Morgan fingerprint density at radius 2 is 1.87 bits per heavy atom. The van der Waals surface area contributed by atoms with Crippen molar-refractivity contribution in [1.82, 2.24) is 15.0 Å². The smallest absolute Gasteiger partial charge is 0.277 e. The van der Waals surface area contributed by atoms with Gasteiger partial charge in [-0.25, -0.2) is 18.7 Å². The van der Waals surface area contributed by atoms with Gasteiger partial charge in [-0.2, -0.15) is 0 Å². The van der Waals surface area contributed by atoms with Crippen LogP contribution in [0.3, 0.4) is 0 Å². The predicted octanol–water partition coefficient (Wildman–Crippen LogP) is 3.05. The third-order valence-corrected chi connectivity index (χ3v) is 3.78. The van der Waals surface area contributed by atoms with Crippen molar-refractivity contribution in [3.63, 3.8) is 0 Å². The van der Waals surface area contributed by atoms with Crippen LogP contribution in [-0.2, 0) is 6.42 Å². The second-order valence-electron chi connectivity index (χ2n) is 4.63. The minimum atomic E-state index is -0.624. The Labute approximate surface area is 134 Å². The topological polar surface area (TPSA) is 67.8 Å². The van der Waals surface area contributed by atoms with Gasteiger partial charge >= 0.3 is 0 Å². The van der Waals surface area contributed by atoms with E-state index in [1.54, 1.807) is 6.20 Å². The first-order chi connectivity index (χ1) is 11.1. The molecule has 0 spiro atoms. The SMILES string of the molecule is O=C(Nc1ncc(Cc2cc(F)cc(F)c2)s1)c1cnccn1. The molecule has 0 aliphatic heterocycles. The lowest BCUT2D eigenvalue weighted by atomic mass is 10.1. The van der Waals surface area contributed by atoms with Gasteiger partial charge in [0.15, 0.2) is 5.13 Å². The Balaban J connectivity index is 1.69. The summed E-state index contributed by atoms with van der Waals surface area (Å²) in [6.07, 6.45) is 6.11. The second-order valence-corrected chi connectivity index (χ2v) is 5.75. The van der Waals surface area contributed by atoms with E-state index in [0.717, 1.165) is 10.9 Å². The molecule has 0 saturated carbocycles. The molecule has 0 aliphatic rings. The van der Waals surface area contributed by atoms with Crippen LogP contribution in [0.2, 0.25) is 0 Å². The number of carbonyl (C=O) groups is 1. The molecule has 0 atom stereocenters. The highest BCUT2D eigenvalue weighted by Crippen LogP contribution is 2.22. The molecule has 116 valence electrons. The van der Waals surface area contributed by atoms with Gasteiger partial charge in [0.2, 0.25) is 0 Å². The second kappa shape index (κ2) is 6.57. The molecule has 0 radical (unpaired) electrons. The van der Waals surface area contributed by atoms with Crippen LogP contribution < -0.4 is 5.32 Å². The summed E-state index contributed by atoms with van der Waals surface area (Å²) in [5.41, 5.74) is 0.675. The molecule has 3 rings (SSSR count). The maximum Gasteiger partial charge on any atom is 0.277 e. The van der Waals surface area contributed by atoms with E-state index in [0.29, 0.717) is 17.1 Å². The number of rotatable bonds is 4. The molecule has 1 N–H and O–H groups in total. The van der Waals surface area contributed by atoms with E-state index in [1.807, 2.05) is 0 Å². The van der Waals surface area contributed by atoms with Crippen molar-refractivity contribution in [2.24, 2.45) is 0 Å². The quantitative estimate of drug-likeness (QED) is 0.797. The normalized spacial score (nSPS) is 10.5. The first-order valence-corrected chi connectivity index (χ1v) is 7.39. The molecule has 3 aromatic rings. The Kier molecular flexibility index (Phi) is 4.33. The van der Waals surface area contributed by atoms with E-state index in [9.17, 15) is 13.6 Å². The van der Waals surface area contributed by atoms with Crippen LogP contribution in [0.4, 0.5) is 13.9 Å². The summed E-state index contributed by atoms with van der Waals surface area (Å²) in [6, 6.07) is 3.35. The van der Waals surface area contributed by atoms with Crippen molar-refractivity contribution in [2.75, 3.05) is 5.32 Å². The number of nitrogens with one attached hydrogen (secondary N) is 1. The maximum absolute atomic E-state index is 13.2. The van der Waals surface area contributed by atoms with Crippen LogP contribution in [-0.4, -0.2) is 20.9 Å². The number of carbonyl (C=O) groups excluding carboxylic acids is 1. The van der Waals surface area contributed by atoms with Crippen LogP contribution in [0.1, 0.15) is 20.9 Å². The maximum atomic E-state index is 13.2. The van der Waals surface area contributed by atoms with Crippen molar-refractivity contribution in [2.45, 2.75) is 6.42 Å². The van der Waals surface area contributed by atoms with E-state index in [-0.39, 0.29) is 5.69 Å². The fourth-order valence-electron chi connectivity index (χ4n) is 1.94. The zero-order chi connectivity index (χ0) is 16.2. The molecule has 0 fully saturated rings. The average Bonchev–Trinajstić information content (AvgIpc) is 2.94. The van der Waals surface area contributed by atoms with Gasteiger partial charge in [-0.3, -0.25) is 15.1 Å². The van der Waals surface area contributed by atoms with Crippen LogP contribution in [0.25, 0.3) is 0 Å². The third-order valence-electron chi connectivity index (χ3n) is 2.87. The fraction of sp³-hybridized carbons (Fsp3) is 0.0667. The van der Waals surface area contributed by atoms with Gasteiger partial charge in [0.1, 0.15) is 17.3 Å². The van der Waals surface area contributed by atoms with Crippen LogP contribution >= 0.6 is 11.3 Å². The minimum absolute atomic E-state index is 0.177. The summed E-state index contributed by atoms with van der Waals surface area (Å²) in [7, 11) is 0. The highest BCUT2D eigenvalue weighted by molar-refractivity contribution is 7.15. The van der Waals surface area contributed by atoms with Gasteiger partial charge < -0.3 is 0 Å². The molecular weight excluding hydrogens is 322 g/mol. The monoisotopic (exact) mass is 332 g/mol. The average molecular weight is 332 g/mol. The third kappa shape index (κ3) is 3.92. The summed E-state index contributed by atoms with van der Waals surface area (Å²) >= 11 is 1.23. The van der Waals surface area contributed by atoms with E-state index in [1.165, 1.54) is 42.1 Å². The van der Waals surface area contributed by atoms with Crippen molar-refractivity contribution < 1.29 is 13.6 Å². The molecule has 0 bridgehead atoms. The van der Waals surface area contributed by atoms with Gasteiger partial charge in [0.05, 0.1) is 6.20 Å². The summed E-state index contributed by atoms with van der Waals surface area (Å²) in [5, 5.41) is 2.99. The molecule has 1 amide bonds. The Bertz CT molecular complexity index is 818. The van der Waals surface area contributed by atoms with E-state index >= 15 is 0 Å². The van der Waals surface area contributed by atoms with E-state index in [4.69, 9.17) is 0 Å². The van der Waals surface area contributed by atoms with Gasteiger partial charge in [0.25, 0.3) is 5.91 Å². The minimum Gasteiger partial charge on any atom is -0.296 e.